The number of nitrogens with one attached hydrogen (secondary N) is 1. The topological polar surface area (TPSA) is 15.3 Å². The van der Waals surface area contributed by atoms with Crippen molar-refractivity contribution < 1.29 is 13.2 Å². The highest BCUT2D eigenvalue weighted by molar-refractivity contribution is 5.27. The minimum atomic E-state index is -4.26. The Bertz CT molecular complexity index is 408. The first-order valence-electron chi connectivity index (χ1n) is 7.14. The summed E-state index contributed by atoms with van der Waals surface area (Å²) in [7, 11) is 0. The van der Waals surface area contributed by atoms with Gasteiger partial charge in [-0.1, -0.05) is 25.5 Å². The van der Waals surface area contributed by atoms with Crippen molar-refractivity contribution in [2.24, 2.45) is 0 Å². The van der Waals surface area contributed by atoms with Crippen LogP contribution in [0, 0.1) is 0 Å². The fourth-order valence-electron chi connectivity index (χ4n) is 2.72. The van der Waals surface area contributed by atoms with Crippen molar-refractivity contribution in [1.82, 2.24) is 10.2 Å². The maximum atomic E-state index is 12.6. The summed E-state index contributed by atoms with van der Waals surface area (Å²) >= 11 is 0. The predicted molar refractivity (Wildman–Crippen MR) is 73.5 cm³/mol. The Kier molecular flexibility index (Phi) is 5.05. The first kappa shape index (κ1) is 15.3. The Morgan fingerprint density at radius 1 is 1.15 bits per heavy atom. The van der Waals surface area contributed by atoms with E-state index in [1.54, 1.807) is 12.1 Å². The Hall–Kier alpha value is -1.07. The number of hydrogen-bond acceptors (Lipinski definition) is 2. The van der Waals surface area contributed by atoms with Crippen molar-refractivity contribution in [3.8, 4) is 0 Å². The smallest absolute Gasteiger partial charge is 0.314 e. The van der Waals surface area contributed by atoms with Gasteiger partial charge in [0.25, 0.3) is 0 Å². The molecule has 1 atom stereocenters. The minimum Gasteiger partial charge on any atom is -0.314 e. The number of hydrogen-bond donors (Lipinski definition) is 1. The number of piperazine rings is 1. The number of halogens is 3. The van der Waals surface area contributed by atoms with Crippen LogP contribution in [-0.2, 0) is 6.18 Å². The van der Waals surface area contributed by atoms with Crippen LogP contribution in [0.4, 0.5) is 13.2 Å². The summed E-state index contributed by atoms with van der Waals surface area (Å²) in [6.45, 7) is 5.90. The Labute approximate surface area is 118 Å². The van der Waals surface area contributed by atoms with E-state index in [-0.39, 0.29) is 6.04 Å². The van der Waals surface area contributed by atoms with Gasteiger partial charge in [-0.05, 0) is 24.1 Å². The molecule has 1 N–H and O–H groups in total. The number of rotatable bonds is 4. The third-order valence-corrected chi connectivity index (χ3v) is 3.78. The van der Waals surface area contributed by atoms with E-state index >= 15 is 0 Å². The van der Waals surface area contributed by atoms with E-state index in [1.165, 1.54) is 12.1 Å². The summed E-state index contributed by atoms with van der Waals surface area (Å²) in [5, 5.41) is 3.30. The number of benzene rings is 1. The summed E-state index contributed by atoms with van der Waals surface area (Å²) in [6, 6.07) is 5.88. The van der Waals surface area contributed by atoms with Crippen molar-refractivity contribution in [3.05, 3.63) is 35.4 Å². The van der Waals surface area contributed by atoms with E-state index in [2.05, 4.69) is 17.1 Å². The molecule has 1 aliphatic heterocycles. The molecule has 0 saturated carbocycles. The van der Waals surface area contributed by atoms with Gasteiger partial charge in [0.15, 0.2) is 0 Å². The standard InChI is InChI=1S/C15H21F3N2/c1-2-3-14(20-10-8-19-9-11-20)12-4-6-13(7-5-12)15(16,17)18/h4-7,14,19H,2-3,8-11H2,1H3/t14-/m0/s1. The molecule has 20 heavy (non-hydrogen) atoms. The maximum absolute atomic E-state index is 12.6. The van der Waals surface area contributed by atoms with Crippen LogP contribution < -0.4 is 5.32 Å². The fraction of sp³-hybridized carbons (Fsp3) is 0.600. The molecule has 0 unspecified atom stereocenters. The minimum absolute atomic E-state index is 0.226. The van der Waals surface area contributed by atoms with E-state index in [0.29, 0.717) is 0 Å². The van der Waals surface area contributed by atoms with Gasteiger partial charge in [0.2, 0.25) is 0 Å². The van der Waals surface area contributed by atoms with Gasteiger partial charge < -0.3 is 5.32 Å². The monoisotopic (exact) mass is 286 g/mol. The van der Waals surface area contributed by atoms with Crippen LogP contribution in [-0.4, -0.2) is 31.1 Å². The highest BCUT2D eigenvalue weighted by Gasteiger charge is 2.30. The molecule has 1 aromatic rings. The zero-order valence-electron chi connectivity index (χ0n) is 11.7. The molecule has 112 valence electrons. The third-order valence-electron chi connectivity index (χ3n) is 3.78. The second kappa shape index (κ2) is 6.59. The molecule has 0 bridgehead atoms. The van der Waals surface area contributed by atoms with Crippen LogP contribution in [0.1, 0.15) is 36.9 Å². The highest BCUT2D eigenvalue weighted by atomic mass is 19.4. The number of alkyl halides is 3. The zero-order valence-corrected chi connectivity index (χ0v) is 11.7. The summed E-state index contributed by atoms with van der Waals surface area (Å²) < 4.78 is 37.8. The first-order valence-corrected chi connectivity index (χ1v) is 7.14. The molecule has 1 fully saturated rings. The quantitative estimate of drug-likeness (QED) is 0.912. The molecule has 2 rings (SSSR count). The lowest BCUT2D eigenvalue weighted by molar-refractivity contribution is -0.137. The molecule has 1 heterocycles. The molecule has 0 amide bonds. The normalized spacial score (nSPS) is 19.0. The van der Waals surface area contributed by atoms with E-state index in [9.17, 15) is 13.2 Å². The second-order valence-corrected chi connectivity index (χ2v) is 5.21. The van der Waals surface area contributed by atoms with Crippen molar-refractivity contribution in [2.75, 3.05) is 26.2 Å². The molecule has 1 saturated heterocycles. The Balaban J connectivity index is 2.16. The average molecular weight is 286 g/mol. The molecule has 1 aromatic carbocycles. The van der Waals surface area contributed by atoms with E-state index < -0.39 is 11.7 Å². The van der Waals surface area contributed by atoms with Gasteiger partial charge in [0, 0.05) is 32.2 Å². The first-order chi connectivity index (χ1) is 9.52. The summed E-state index contributed by atoms with van der Waals surface area (Å²) in [4.78, 5) is 2.36. The molecular formula is C15H21F3N2. The largest absolute Gasteiger partial charge is 0.416 e. The van der Waals surface area contributed by atoms with Gasteiger partial charge in [0.05, 0.1) is 5.56 Å². The van der Waals surface area contributed by atoms with Crippen molar-refractivity contribution in [2.45, 2.75) is 32.0 Å². The molecule has 0 aromatic heterocycles. The van der Waals surface area contributed by atoms with Gasteiger partial charge >= 0.3 is 6.18 Å². The fourth-order valence-corrected chi connectivity index (χ4v) is 2.72. The van der Waals surface area contributed by atoms with Crippen molar-refractivity contribution in [1.29, 1.82) is 0 Å². The second-order valence-electron chi connectivity index (χ2n) is 5.21. The lowest BCUT2D eigenvalue weighted by atomic mass is 9.98. The lowest BCUT2D eigenvalue weighted by Crippen LogP contribution is -2.45. The van der Waals surface area contributed by atoms with Gasteiger partial charge in [-0.15, -0.1) is 0 Å². The highest BCUT2D eigenvalue weighted by Crippen LogP contribution is 2.32. The van der Waals surface area contributed by atoms with Gasteiger partial charge in [-0.3, -0.25) is 4.90 Å². The van der Waals surface area contributed by atoms with E-state index in [4.69, 9.17) is 0 Å². The van der Waals surface area contributed by atoms with Gasteiger partial charge in [-0.2, -0.15) is 13.2 Å². The molecule has 2 nitrogen and oxygen atoms in total. The summed E-state index contributed by atoms with van der Waals surface area (Å²) in [5.41, 5.74) is 0.415. The predicted octanol–water partition coefficient (Wildman–Crippen LogP) is 3.45. The average Bonchev–Trinajstić information content (AvgIpc) is 2.45. The SMILES string of the molecule is CCC[C@@H](c1ccc(C(F)(F)F)cc1)N1CCNCC1. The van der Waals surface area contributed by atoms with Crippen molar-refractivity contribution in [3.63, 3.8) is 0 Å². The molecule has 0 aliphatic carbocycles. The van der Waals surface area contributed by atoms with Crippen LogP contribution in [0.2, 0.25) is 0 Å². The molecule has 0 radical (unpaired) electrons. The molecule has 5 heteroatoms. The van der Waals surface area contributed by atoms with Crippen LogP contribution in [0.5, 0.6) is 0 Å². The Morgan fingerprint density at radius 3 is 2.25 bits per heavy atom. The maximum Gasteiger partial charge on any atom is 0.416 e. The molecule has 0 spiro atoms. The van der Waals surface area contributed by atoms with Crippen LogP contribution in [0.15, 0.2) is 24.3 Å². The number of nitrogens with zero attached hydrogens (tertiary/aromatic N) is 1. The van der Waals surface area contributed by atoms with Gasteiger partial charge in [-0.25, -0.2) is 0 Å². The summed E-state index contributed by atoms with van der Waals surface area (Å²) in [6.07, 6.45) is -2.26. The Morgan fingerprint density at radius 2 is 1.75 bits per heavy atom. The third kappa shape index (κ3) is 3.73. The van der Waals surface area contributed by atoms with Crippen LogP contribution in [0.3, 0.4) is 0 Å². The molecule has 1 aliphatic rings. The van der Waals surface area contributed by atoms with Crippen LogP contribution >= 0.6 is 0 Å². The van der Waals surface area contributed by atoms with Crippen molar-refractivity contribution >= 4 is 0 Å². The van der Waals surface area contributed by atoms with Crippen LogP contribution in [0.25, 0.3) is 0 Å². The van der Waals surface area contributed by atoms with Gasteiger partial charge in [0.1, 0.15) is 0 Å². The lowest BCUT2D eigenvalue weighted by Gasteiger charge is -2.35. The molecular weight excluding hydrogens is 265 g/mol. The van der Waals surface area contributed by atoms with E-state index in [1.807, 2.05) is 0 Å². The van der Waals surface area contributed by atoms with E-state index in [0.717, 1.165) is 44.6 Å². The summed E-state index contributed by atoms with van der Waals surface area (Å²) in [5.74, 6) is 0. The zero-order chi connectivity index (χ0) is 14.6.